The highest BCUT2D eigenvalue weighted by Gasteiger charge is 2.24. The summed E-state index contributed by atoms with van der Waals surface area (Å²) < 4.78 is 0. The summed E-state index contributed by atoms with van der Waals surface area (Å²) in [6, 6.07) is 4.92. The van der Waals surface area contributed by atoms with Crippen molar-refractivity contribution in [3.8, 4) is 0 Å². The molecular formula is C13H15Cl2NO2S. The van der Waals surface area contributed by atoms with Gasteiger partial charge in [0.2, 0.25) is 5.91 Å². The Morgan fingerprint density at radius 3 is 2.95 bits per heavy atom. The largest absolute Gasteiger partial charge is 0.387 e. The molecule has 19 heavy (non-hydrogen) atoms. The molecule has 0 radical (unpaired) electrons. The number of amides is 1. The SMILES string of the molecule is O=C(NCC(O)c1ccc(Cl)cc1Cl)C1CCCS1. The first-order valence-electron chi connectivity index (χ1n) is 6.10. The van der Waals surface area contributed by atoms with Gasteiger partial charge < -0.3 is 10.4 Å². The molecule has 0 aromatic heterocycles. The summed E-state index contributed by atoms with van der Waals surface area (Å²) >= 11 is 13.5. The molecule has 3 nitrogen and oxygen atoms in total. The van der Waals surface area contributed by atoms with Crippen LogP contribution in [0.4, 0.5) is 0 Å². The molecule has 0 bridgehead atoms. The molecule has 0 saturated carbocycles. The van der Waals surface area contributed by atoms with Gasteiger partial charge in [-0.1, -0.05) is 29.3 Å². The Balaban J connectivity index is 1.89. The van der Waals surface area contributed by atoms with Crippen LogP contribution in [-0.2, 0) is 4.79 Å². The standard InChI is InChI=1S/C13H15Cl2NO2S/c14-8-3-4-9(10(15)6-8)11(17)7-16-13(18)12-2-1-5-19-12/h3-4,6,11-12,17H,1-2,5,7H2,(H,16,18). The lowest BCUT2D eigenvalue weighted by molar-refractivity contribution is -0.121. The predicted octanol–water partition coefficient (Wildman–Crippen LogP) is 3.04. The fourth-order valence-electron chi connectivity index (χ4n) is 1.98. The Hall–Kier alpha value is -0.420. The van der Waals surface area contributed by atoms with Gasteiger partial charge in [0.05, 0.1) is 11.4 Å². The summed E-state index contributed by atoms with van der Waals surface area (Å²) in [5.74, 6) is 1.02. The molecule has 1 saturated heterocycles. The van der Waals surface area contributed by atoms with Crippen LogP contribution in [0, 0.1) is 0 Å². The number of halogens is 2. The van der Waals surface area contributed by atoms with E-state index in [4.69, 9.17) is 23.2 Å². The van der Waals surface area contributed by atoms with E-state index >= 15 is 0 Å². The van der Waals surface area contributed by atoms with Crippen LogP contribution in [0.5, 0.6) is 0 Å². The molecule has 104 valence electrons. The third-order valence-electron chi connectivity index (χ3n) is 3.01. The average molecular weight is 320 g/mol. The van der Waals surface area contributed by atoms with Crippen LogP contribution in [0.25, 0.3) is 0 Å². The fourth-order valence-corrected chi connectivity index (χ4v) is 3.70. The van der Waals surface area contributed by atoms with Gasteiger partial charge in [0, 0.05) is 22.2 Å². The van der Waals surface area contributed by atoms with Crippen LogP contribution in [0.1, 0.15) is 24.5 Å². The highest BCUT2D eigenvalue weighted by atomic mass is 35.5. The van der Waals surface area contributed by atoms with Gasteiger partial charge in [-0.3, -0.25) is 4.79 Å². The zero-order valence-electron chi connectivity index (χ0n) is 10.2. The Morgan fingerprint density at radius 1 is 1.53 bits per heavy atom. The summed E-state index contributed by atoms with van der Waals surface area (Å²) in [5.41, 5.74) is 0.574. The monoisotopic (exact) mass is 319 g/mol. The van der Waals surface area contributed by atoms with Crippen LogP contribution in [-0.4, -0.2) is 28.6 Å². The molecule has 2 atom stereocenters. The quantitative estimate of drug-likeness (QED) is 0.896. The molecule has 0 aliphatic carbocycles. The molecule has 1 aliphatic heterocycles. The molecule has 2 N–H and O–H groups in total. The lowest BCUT2D eigenvalue weighted by atomic mass is 10.1. The zero-order chi connectivity index (χ0) is 13.8. The highest BCUT2D eigenvalue weighted by molar-refractivity contribution is 8.00. The Morgan fingerprint density at radius 2 is 2.32 bits per heavy atom. The lowest BCUT2D eigenvalue weighted by Gasteiger charge is -2.15. The van der Waals surface area contributed by atoms with Crippen molar-refractivity contribution in [1.82, 2.24) is 5.32 Å². The topological polar surface area (TPSA) is 49.3 Å². The van der Waals surface area contributed by atoms with E-state index in [1.807, 2.05) is 0 Å². The molecule has 2 rings (SSSR count). The summed E-state index contributed by atoms with van der Waals surface area (Å²) in [5, 5.41) is 13.7. The fraction of sp³-hybridized carbons (Fsp3) is 0.462. The second-order valence-corrected chi connectivity index (χ2v) is 6.58. The van der Waals surface area contributed by atoms with Crippen molar-refractivity contribution in [3.05, 3.63) is 33.8 Å². The van der Waals surface area contributed by atoms with Gasteiger partial charge in [-0.25, -0.2) is 0 Å². The van der Waals surface area contributed by atoms with Gasteiger partial charge in [-0.05, 0) is 30.7 Å². The normalized spacial score (nSPS) is 20.3. The molecular weight excluding hydrogens is 305 g/mol. The third kappa shape index (κ3) is 4.02. The predicted molar refractivity (Wildman–Crippen MR) is 79.9 cm³/mol. The second-order valence-electron chi connectivity index (χ2n) is 4.43. The van der Waals surface area contributed by atoms with E-state index in [9.17, 15) is 9.90 Å². The summed E-state index contributed by atoms with van der Waals surface area (Å²) in [6.07, 6.45) is 1.17. The highest BCUT2D eigenvalue weighted by Crippen LogP contribution is 2.27. The maximum absolute atomic E-state index is 11.8. The van der Waals surface area contributed by atoms with Crippen LogP contribution in [0.3, 0.4) is 0 Å². The molecule has 1 aromatic carbocycles. The van der Waals surface area contributed by atoms with Gasteiger partial charge in [-0.2, -0.15) is 0 Å². The molecule has 1 heterocycles. The van der Waals surface area contributed by atoms with Crippen LogP contribution in [0.15, 0.2) is 18.2 Å². The molecule has 6 heteroatoms. The minimum atomic E-state index is -0.819. The van der Waals surface area contributed by atoms with Crippen molar-refractivity contribution in [2.75, 3.05) is 12.3 Å². The van der Waals surface area contributed by atoms with Gasteiger partial charge in [0.15, 0.2) is 0 Å². The van der Waals surface area contributed by atoms with E-state index < -0.39 is 6.10 Å². The minimum Gasteiger partial charge on any atom is -0.387 e. The Bertz CT molecular complexity index is 464. The second kappa shape index (κ2) is 6.84. The lowest BCUT2D eigenvalue weighted by Crippen LogP contribution is -2.34. The van der Waals surface area contributed by atoms with Gasteiger partial charge in [0.1, 0.15) is 0 Å². The zero-order valence-corrected chi connectivity index (χ0v) is 12.6. The number of aliphatic hydroxyl groups is 1. The van der Waals surface area contributed by atoms with Crippen molar-refractivity contribution in [3.63, 3.8) is 0 Å². The molecule has 2 unspecified atom stereocenters. The summed E-state index contributed by atoms with van der Waals surface area (Å²) in [6.45, 7) is 0.164. The minimum absolute atomic E-state index is 0.00774. The van der Waals surface area contributed by atoms with Crippen molar-refractivity contribution in [1.29, 1.82) is 0 Å². The molecule has 0 spiro atoms. The summed E-state index contributed by atoms with van der Waals surface area (Å²) in [7, 11) is 0. The number of nitrogens with one attached hydrogen (secondary N) is 1. The van der Waals surface area contributed by atoms with Gasteiger partial charge >= 0.3 is 0 Å². The number of aliphatic hydroxyl groups excluding tert-OH is 1. The van der Waals surface area contributed by atoms with Crippen molar-refractivity contribution in [2.45, 2.75) is 24.2 Å². The molecule has 1 aromatic rings. The first kappa shape index (κ1) is 15.0. The summed E-state index contributed by atoms with van der Waals surface area (Å²) in [4.78, 5) is 11.8. The third-order valence-corrected chi connectivity index (χ3v) is 4.95. The van der Waals surface area contributed by atoms with Crippen molar-refractivity contribution < 1.29 is 9.90 Å². The first-order chi connectivity index (χ1) is 9.08. The smallest absolute Gasteiger partial charge is 0.233 e. The maximum atomic E-state index is 11.8. The van der Waals surface area contributed by atoms with E-state index in [0.717, 1.165) is 18.6 Å². The average Bonchev–Trinajstić information content (AvgIpc) is 2.89. The van der Waals surface area contributed by atoms with E-state index in [1.54, 1.807) is 30.0 Å². The maximum Gasteiger partial charge on any atom is 0.233 e. The number of rotatable bonds is 4. The number of hydrogen-bond acceptors (Lipinski definition) is 3. The number of hydrogen-bond donors (Lipinski definition) is 2. The first-order valence-corrected chi connectivity index (χ1v) is 7.90. The van der Waals surface area contributed by atoms with Crippen LogP contribution < -0.4 is 5.32 Å². The van der Waals surface area contributed by atoms with E-state index in [1.165, 1.54) is 0 Å². The Kier molecular flexibility index (Phi) is 5.39. The van der Waals surface area contributed by atoms with E-state index in [2.05, 4.69) is 5.32 Å². The molecule has 1 amide bonds. The van der Waals surface area contributed by atoms with Crippen LogP contribution >= 0.6 is 35.0 Å². The van der Waals surface area contributed by atoms with E-state index in [-0.39, 0.29) is 17.7 Å². The van der Waals surface area contributed by atoms with Crippen molar-refractivity contribution in [2.24, 2.45) is 0 Å². The Labute approximate surface area is 126 Å². The van der Waals surface area contributed by atoms with Gasteiger partial charge in [0.25, 0.3) is 0 Å². The van der Waals surface area contributed by atoms with Gasteiger partial charge in [-0.15, -0.1) is 11.8 Å². The van der Waals surface area contributed by atoms with Crippen molar-refractivity contribution >= 4 is 40.9 Å². The molecule has 1 aliphatic rings. The number of carbonyl (C=O) groups excluding carboxylic acids is 1. The number of thioether (sulfide) groups is 1. The van der Waals surface area contributed by atoms with E-state index in [0.29, 0.717) is 15.6 Å². The number of benzene rings is 1. The number of carbonyl (C=O) groups is 1. The van der Waals surface area contributed by atoms with Crippen LogP contribution in [0.2, 0.25) is 10.0 Å². The molecule has 1 fully saturated rings.